The molecule has 1 fully saturated rings. The fraction of sp³-hybridized carbons (Fsp3) is 0.889. The van der Waals surface area contributed by atoms with Crippen molar-refractivity contribution in [1.29, 1.82) is 0 Å². The van der Waals surface area contributed by atoms with E-state index in [-0.39, 0.29) is 5.91 Å². The van der Waals surface area contributed by atoms with Crippen LogP contribution in [0.4, 0.5) is 0 Å². The highest BCUT2D eigenvalue weighted by Crippen LogP contribution is 2.28. The van der Waals surface area contributed by atoms with Crippen LogP contribution in [0.15, 0.2) is 0 Å². The van der Waals surface area contributed by atoms with Gasteiger partial charge in [-0.3, -0.25) is 4.79 Å². The second-order valence-electron chi connectivity index (χ2n) is 3.57. The zero-order valence-corrected chi connectivity index (χ0v) is 9.06. The molecular weight excluding hydrogens is 218 g/mol. The Kier molecular flexibility index (Phi) is 4.06. The molecule has 1 amide bonds. The van der Waals surface area contributed by atoms with Crippen molar-refractivity contribution in [2.75, 3.05) is 6.54 Å². The third kappa shape index (κ3) is 3.57. The normalized spacial score (nSPS) is 29.8. The monoisotopic (exact) mass is 233 g/mol. The fourth-order valence-electron chi connectivity index (χ4n) is 1.70. The number of halogens is 1. The highest BCUT2D eigenvalue weighted by Gasteiger charge is 2.19. The van der Waals surface area contributed by atoms with E-state index in [1.807, 2.05) is 0 Å². The summed E-state index contributed by atoms with van der Waals surface area (Å²) >= 11 is 3.62. The second-order valence-corrected chi connectivity index (χ2v) is 4.86. The van der Waals surface area contributed by atoms with Gasteiger partial charge in [-0.15, -0.1) is 0 Å². The average Bonchev–Trinajstić information content (AvgIpc) is 2.01. The molecule has 2 unspecified atom stereocenters. The van der Waals surface area contributed by atoms with Gasteiger partial charge in [-0.2, -0.15) is 0 Å². The number of amides is 1. The third-order valence-corrected chi connectivity index (χ3v) is 3.19. The molecule has 1 aliphatic rings. The standard InChI is InChI=1S/C9H16BrNO/c1-7(12)11-6-8-3-2-4-9(10)5-8/h8-9H,2-6H2,1H3,(H,11,12). The number of nitrogens with one attached hydrogen (secondary N) is 1. The van der Waals surface area contributed by atoms with Gasteiger partial charge in [-0.1, -0.05) is 22.4 Å². The Morgan fingerprint density at radius 1 is 1.58 bits per heavy atom. The van der Waals surface area contributed by atoms with Crippen LogP contribution in [-0.2, 0) is 4.79 Å². The molecule has 2 nitrogen and oxygen atoms in total. The molecule has 1 N–H and O–H groups in total. The molecular formula is C9H16BrNO. The number of alkyl halides is 1. The first-order valence-electron chi connectivity index (χ1n) is 4.57. The zero-order valence-electron chi connectivity index (χ0n) is 7.48. The molecule has 0 aromatic carbocycles. The summed E-state index contributed by atoms with van der Waals surface area (Å²) in [6, 6.07) is 0. The predicted octanol–water partition coefficient (Wildman–Crippen LogP) is 2.08. The summed E-state index contributed by atoms with van der Waals surface area (Å²) in [7, 11) is 0. The van der Waals surface area contributed by atoms with Crippen molar-refractivity contribution < 1.29 is 4.79 Å². The van der Waals surface area contributed by atoms with E-state index in [2.05, 4.69) is 21.2 Å². The van der Waals surface area contributed by atoms with Gasteiger partial charge >= 0.3 is 0 Å². The maximum absolute atomic E-state index is 10.6. The van der Waals surface area contributed by atoms with Gasteiger partial charge in [0.1, 0.15) is 0 Å². The number of hydrogen-bond donors (Lipinski definition) is 1. The SMILES string of the molecule is CC(=O)NCC1CCCC(Br)C1. The lowest BCUT2D eigenvalue weighted by atomic mass is 9.89. The van der Waals surface area contributed by atoms with E-state index in [0.717, 1.165) is 6.54 Å². The quantitative estimate of drug-likeness (QED) is 0.728. The first-order chi connectivity index (χ1) is 5.68. The van der Waals surface area contributed by atoms with E-state index in [1.165, 1.54) is 25.7 Å². The summed E-state index contributed by atoms with van der Waals surface area (Å²) in [5, 5.41) is 2.88. The van der Waals surface area contributed by atoms with Crippen molar-refractivity contribution in [3.8, 4) is 0 Å². The molecule has 0 aliphatic heterocycles. The van der Waals surface area contributed by atoms with Gasteiger partial charge in [0.2, 0.25) is 5.91 Å². The molecule has 1 rings (SSSR count). The van der Waals surface area contributed by atoms with Gasteiger partial charge in [0.15, 0.2) is 0 Å². The summed E-state index contributed by atoms with van der Waals surface area (Å²) < 4.78 is 0. The van der Waals surface area contributed by atoms with Crippen LogP contribution < -0.4 is 5.32 Å². The van der Waals surface area contributed by atoms with Crippen molar-refractivity contribution in [2.24, 2.45) is 5.92 Å². The van der Waals surface area contributed by atoms with E-state index >= 15 is 0 Å². The van der Waals surface area contributed by atoms with Gasteiger partial charge in [-0.05, 0) is 25.2 Å². The lowest BCUT2D eigenvalue weighted by Crippen LogP contribution is -2.30. The Bertz CT molecular complexity index is 161. The lowest BCUT2D eigenvalue weighted by molar-refractivity contribution is -0.119. The van der Waals surface area contributed by atoms with Crippen molar-refractivity contribution in [3.63, 3.8) is 0 Å². The first kappa shape index (κ1) is 10.0. The molecule has 1 aliphatic carbocycles. The Labute approximate surface area is 82.2 Å². The average molecular weight is 234 g/mol. The summed E-state index contributed by atoms with van der Waals surface area (Å²) in [5.41, 5.74) is 0. The molecule has 2 atom stereocenters. The zero-order chi connectivity index (χ0) is 8.97. The highest BCUT2D eigenvalue weighted by molar-refractivity contribution is 9.09. The van der Waals surface area contributed by atoms with Crippen molar-refractivity contribution in [3.05, 3.63) is 0 Å². The minimum Gasteiger partial charge on any atom is -0.356 e. The Hall–Kier alpha value is -0.0500. The van der Waals surface area contributed by atoms with Crippen LogP contribution in [0.25, 0.3) is 0 Å². The van der Waals surface area contributed by atoms with E-state index < -0.39 is 0 Å². The van der Waals surface area contributed by atoms with Gasteiger partial charge in [-0.25, -0.2) is 0 Å². The third-order valence-electron chi connectivity index (χ3n) is 2.36. The minimum atomic E-state index is 0.0895. The maximum atomic E-state index is 10.6. The fourth-order valence-corrected chi connectivity index (χ4v) is 2.55. The smallest absolute Gasteiger partial charge is 0.216 e. The van der Waals surface area contributed by atoms with Gasteiger partial charge < -0.3 is 5.32 Å². The summed E-state index contributed by atoms with van der Waals surface area (Å²) in [5.74, 6) is 0.777. The Balaban J connectivity index is 2.18. The van der Waals surface area contributed by atoms with Crippen LogP contribution in [0.5, 0.6) is 0 Å². The number of carbonyl (C=O) groups excluding carboxylic acids is 1. The van der Waals surface area contributed by atoms with Crippen LogP contribution in [-0.4, -0.2) is 17.3 Å². The number of carbonyl (C=O) groups is 1. The van der Waals surface area contributed by atoms with Crippen LogP contribution in [0.3, 0.4) is 0 Å². The molecule has 0 bridgehead atoms. The molecule has 0 aromatic heterocycles. The molecule has 12 heavy (non-hydrogen) atoms. The van der Waals surface area contributed by atoms with E-state index in [9.17, 15) is 4.79 Å². The predicted molar refractivity (Wildman–Crippen MR) is 53.4 cm³/mol. The van der Waals surface area contributed by atoms with E-state index in [4.69, 9.17) is 0 Å². The van der Waals surface area contributed by atoms with Gasteiger partial charge in [0.05, 0.1) is 0 Å². The maximum Gasteiger partial charge on any atom is 0.216 e. The summed E-state index contributed by atoms with van der Waals surface area (Å²) in [6.07, 6.45) is 5.05. The molecule has 3 heteroatoms. The molecule has 0 heterocycles. The lowest BCUT2D eigenvalue weighted by Gasteiger charge is -2.25. The van der Waals surface area contributed by atoms with Gasteiger partial charge in [0.25, 0.3) is 0 Å². The van der Waals surface area contributed by atoms with Crippen LogP contribution >= 0.6 is 15.9 Å². The van der Waals surface area contributed by atoms with Crippen LogP contribution in [0, 0.1) is 5.92 Å². The minimum absolute atomic E-state index is 0.0895. The number of rotatable bonds is 2. The molecule has 70 valence electrons. The molecule has 1 saturated carbocycles. The molecule has 0 aromatic rings. The Morgan fingerprint density at radius 3 is 2.92 bits per heavy atom. The van der Waals surface area contributed by atoms with E-state index in [1.54, 1.807) is 6.92 Å². The first-order valence-corrected chi connectivity index (χ1v) is 5.48. The number of hydrogen-bond acceptors (Lipinski definition) is 1. The summed E-state index contributed by atoms with van der Waals surface area (Å²) in [6.45, 7) is 2.44. The van der Waals surface area contributed by atoms with Crippen LogP contribution in [0.1, 0.15) is 32.6 Å². The van der Waals surface area contributed by atoms with Crippen molar-refractivity contribution >= 4 is 21.8 Å². The van der Waals surface area contributed by atoms with Crippen LogP contribution in [0.2, 0.25) is 0 Å². The van der Waals surface area contributed by atoms with Crippen molar-refractivity contribution in [1.82, 2.24) is 5.32 Å². The highest BCUT2D eigenvalue weighted by atomic mass is 79.9. The Morgan fingerprint density at radius 2 is 2.33 bits per heavy atom. The topological polar surface area (TPSA) is 29.1 Å². The molecule has 0 spiro atoms. The van der Waals surface area contributed by atoms with Gasteiger partial charge in [0, 0.05) is 18.3 Å². The van der Waals surface area contributed by atoms with E-state index in [0.29, 0.717) is 10.7 Å². The molecule has 0 radical (unpaired) electrons. The van der Waals surface area contributed by atoms with Crippen molar-refractivity contribution in [2.45, 2.75) is 37.4 Å². The largest absolute Gasteiger partial charge is 0.356 e. The second kappa shape index (κ2) is 4.85. The molecule has 0 saturated heterocycles. The summed E-state index contributed by atoms with van der Waals surface area (Å²) in [4.78, 5) is 11.3.